The molecule has 0 fully saturated rings. The molecular formula is C11H17ClN2O. The lowest BCUT2D eigenvalue weighted by Crippen LogP contribution is -2.43. The van der Waals surface area contributed by atoms with Crippen molar-refractivity contribution in [3.63, 3.8) is 0 Å². The van der Waals surface area contributed by atoms with Crippen LogP contribution in [0, 0.1) is 0 Å². The van der Waals surface area contributed by atoms with Crippen molar-refractivity contribution < 1.29 is 5.11 Å². The van der Waals surface area contributed by atoms with E-state index in [0.29, 0.717) is 5.15 Å². The summed E-state index contributed by atoms with van der Waals surface area (Å²) in [6.45, 7) is 6.03. The lowest BCUT2D eigenvalue weighted by molar-refractivity contribution is 0.178. The summed E-state index contributed by atoms with van der Waals surface area (Å²) in [4.78, 5) is 3.93. The molecular weight excluding hydrogens is 212 g/mol. The third kappa shape index (κ3) is 3.78. The Labute approximate surface area is 95.5 Å². The van der Waals surface area contributed by atoms with E-state index in [-0.39, 0.29) is 18.2 Å². The molecule has 0 amide bonds. The van der Waals surface area contributed by atoms with Gasteiger partial charge in [-0.25, -0.2) is 4.98 Å². The Balaban J connectivity index is 2.73. The highest BCUT2D eigenvalue weighted by Crippen LogP contribution is 2.18. The number of hydrogen-bond donors (Lipinski definition) is 2. The first kappa shape index (κ1) is 12.4. The number of hydrogen-bond acceptors (Lipinski definition) is 3. The van der Waals surface area contributed by atoms with E-state index in [1.165, 1.54) is 0 Å². The number of pyridine rings is 1. The van der Waals surface area contributed by atoms with E-state index in [4.69, 9.17) is 16.7 Å². The van der Waals surface area contributed by atoms with Crippen LogP contribution in [0.5, 0.6) is 0 Å². The molecule has 1 unspecified atom stereocenters. The quantitative estimate of drug-likeness (QED) is 0.777. The second-order valence-electron chi connectivity index (χ2n) is 4.32. The molecule has 0 aliphatic heterocycles. The van der Waals surface area contributed by atoms with E-state index in [2.05, 4.69) is 10.3 Å². The van der Waals surface area contributed by atoms with E-state index < -0.39 is 0 Å². The van der Waals surface area contributed by atoms with Gasteiger partial charge in [0.15, 0.2) is 0 Å². The standard InChI is InChI=1S/C11H17ClN2O/c1-8(14-11(2,3)7-15)9-4-5-13-10(12)6-9/h4-6,8,14-15H,7H2,1-3H3. The fourth-order valence-electron chi connectivity index (χ4n) is 1.40. The number of nitrogens with zero attached hydrogens (tertiary/aromatic N) is 1. The normalized spacial score (nSPS) is 13.9. The zero-order valence-electron chi connectivity index (χ0n) is 9.29. The lowest BCUT2D eigenvalue weighted by atomic mass is 10.0. The third-order valence-corrected chi connectivity index (χ3v) is 2.46. The molecule has 0 bridgehead atoms. The zero-order valence-corrected chi connectivity index (χ0v) is 10.0. The molecule has 0 aromatic carbocycles. The van der Waals surface area contributed by atoms with Crippen LogP contribution in [0.3, 0.4) is 0 Å². The van der Waals surface area contributed by atoms with Crippen molar-refractivity contribution in [2.75, 3.05) is 6.61 Å². The summed E-state index contributed by atoms with van der Waals surface area (Å²) < 4.78 is 0. The minimum atomic E-state index is -0.296. The van der Waals surface area contributed by atoms with Crippen LogP contribution in [-0.2, 0) is 0 Å². The number of rotatable bonds is 4. The minimum absolute atomic E-state index is 0.0934. The molecule has 0 aliphatic carbocycles. The molecule has 0 aliphatic rings. The maximum Gasteiger partial charge on any atom is 0.129 e. The maximum atomic E-state index is 9.14. The molecule has 1 atom stereocenters. The van der Waals surface area contributed by atoms with Gasteiger partial charge in [0.25, 0.3) is 0 Å². The summed E-state index contributed by atoms with van der Waals surface area (Å²) in [5.74, 6) is 0. The van der Waals surface area contributed by atoms with Gasteiger partial charge in [0.2, 0.25) is 0 Å². The molecule has 4 heteroatoms. The van der Waals surface area contributed by atoms with Crippen molar-refractivity contribution in [2.45, 2.75) is 32.4 Å². The first-order valence-corrected chi connectivity index (χ1v) is 5.32. The summed E-state index contributed by atoms with van der Waals surface area (Å²) >= 11 is 5.81. The largest absolute Gasteiger partial charge is 0.394 e. The fourth-order valence-corrected chi connectivity index (χ4v) is 1.58. The SMILES string of the molecule is CC(NC(C)(C)CO)c1ccnc(Cl)c1. The van der Waals surface area contributed by atoms with Crippen LogP contribution in [0.2, 0.25) is 5.15 Å². The van der Waals surface area contributed by atoms with Gasteiger partial charge in [-0.05, 0) is 38.5 Å². The average Bonchev–Trinajstić information content (AvgIpc) is 2.17. The number of aromatic nitrogens is 1. The molecule has 3 nitrogen and oxygen atoms in total. The highest BCUT2D eigenvalue weighted by Gasteiger charge is 2.19. The number of halogens is 1. The van der Waals surface area contributed by atoms with E-state index in [9.17, 15) is 0 Å². The number of aliphatic hydroxyl groups excluding tert-OH is 1. The lowest BCUT2D eigenvalue weighted by Gasteiger charge is -2.28. The Bertz CT molecular complexity index is 328. The van der Waals surface area contributed by atoms with Gasteiger partial charge >= 0.3 is 0 Å². The van der Waals surface area contributed by atoms with Crippen LogP contribution >= 0.6 is 11.6 Å². The van der Waals surface area contributed by atoms with Crippen LogP contribution < -0.4 is 5.32 Å². The Kier molecular flexibility index (Phi) is 4.08. The zero-order chi connectivity index (χ0) is 11.5. The van der Waals surface area contributed by atoms with Crippen molar-refractivity contribution in [3.05, 3.63) is 29.0 Å². The summed E-state index contributed by atoms with van der Waals surface area (Å²) in [7, 11) is 0. The molecule has 2 N–H and O–H groups in total. The van der Waals surface area contributed by atoms with Gasteiger partial charge in [0.05, 0.1) is 6.61 Å². The monoisotopic (exact) mass is 228 g/mol. The van der Waals surface area contributed by atoms with Crippen LogP contribution in [0.1, 0.15) is 32.4 Å². The highest BCUT2D eigenvalue weighted by molar-refractivity contribution is 6.29. The van der Waals surface area contributed by atoms with E-state index in [1.54, 1.807) is 6.20 Å². The molecule has 15 heavy (non-hydrogen) atoms. The van der Waals surface area contributed by atoms with Gasteiger partial charge in [0.1, 0.15) is 5.15 Å². The molecule has 0 spiro atoms. The van der Waals surface area contributed by atoms with Crippen molar-refractivity contribution >= 4 is 11.6 Å². The predicted molar refractivity (Wildman–Crippen MR) is 62.0 cm³/mol. The smallest absolute Gasteiger partial charge is 0.129 e. The molecule has 0 radical (unpaired) electrons. The summed E-state index contributed by atoms with van der Waals surface area (Å²) in [6, 6.07) is 3.87. The predicted octanol–water partition coefficient (Wildman–Crippen LogP) is 2.16. The van der Waals surface area contributed by atoms with Crippen molar-refractivity contribution in [3.8, 4) is 0 Å². The van der Waals surface area contributed by atoms with Gasteiger partial charge < -0.3 is 10.4 Å². The molecule has 0 saturated carbocycles. The van der Waals surface area contributed by atoms with Crippen molar-refractivity contribution in [2.24, 2.45) is 0 Å². The van der Waals surface area contributed by atoms with Gasteiger partial charge in [-0.15, -0.1) is 0 Å². The van der Waals surface area contributed by atoms with Crippen LogP contribution in [-0.4, -0.2) is 22.2 Å². The summed E-state index contributed by atoms with van der Waals surface area (Å²) in [5.41, 5.74) is 0.770. The Morgan fingerprint density at radius 1 is 1.60 bits per heavy atom. The Morgan fingerprint density at radius 2 is 2.27 bits per heavy atom. The van der Waals surface area contributed by atoms with Crippen LogP contribution in [0.15, 0.2) is 18.3 Å². The van der Waals surface area contributed by atoms with E-state index in [0.717, 1.165) is 5.56 Å². The van der Waals surface area contributed by atoms with Crippen LogP contribution in [0.25, 0.3) is 0 Å². The van der Waals surface area contributed by atoms with Crippen molar-refractivity contribution in [1.29, 1.82) is 0 Å². The first-order chi connectivity index (χ1) is 6.94. The summed E-state index contributed by atoms with van der Waals surface area (Å²) in [6.07, 6.45) is 1.68. The molecule has 1 aromatic rings. The first-order valence-electron chi connectivity index (χ1n) is 4.94. The molecule has 1 heterocycles. The Hall–Kier alpha value is -0.640. The molecule has 1 rings (SSSR count). The summed E-state index contributed by atoms with van der Waals surface area (Å²) in [5, 5.41) is 12.9. The van der Waals surface area contributed by atoms with Gasteiger partial charge in [-0.2, -0.15) is 0 Å². The average molecular weight is 229 g/mol. The van der Waals surface area contributed by atoms with Gasteiger partial charge in [0, 0.05) is 17.8 Å². The minimum Gasteiger partial charge on any atom is -0.394 e. The Morgan fingerprint density at radius 3 is 2.80 bits per heavy atom. The fraction of sp³-hybridized carbons (Fsp3) is 0.545. The van der Waals surface area contributed by atoms with Gasteiger partial charge in [-0.3, -0.25) is 0 Å². The van der Waals surface area contributed by atoms with E-state index in [1.807, 2.05) is 32.9 Å². The third-order valence-electron chi connectivity index (χ3n) is 2.25. The van der Waals surface area contributed by atoms with Gasteiger partial charge in [-0.1, -0.05) is 11.6 Å². The van der Waals surface area contributed by atoms with E-state index >= 15 is 0 Å². The molecule has 84 valence electrons. The van der Waals surface area contributed by atoms with Crippen LogP contribution in [0.4, 0.5) is 0 Å². The second-order valence-corrected chi connectivity index (χ2v) is 4.71. The molecule has 0 saturated heterocycles. The highest BCUT2D eigenvalue weighted by atomic mass is 35.5. The molecule has 1 aromatic heterocycles. The number of aliphatic hydroxyl groups is 1. The maximum absolute atomic E-state index is 9.14. The number of nitrogens with one attached hydrogen (secondary N) is 1. The topological polar surface area (TPSA) is 45.1 Å². The second kappa shape index (κ2) is 4.92. The van der Waals surface area contributed by atoms with Crippen molar-refractivity contribution in [1.82, 2.24) is 10.3 Å².